The van der Waals surface area contributed by atoms with E-state index in [1.54, 1.807) is 11.3 Å². The van der Waals surface area contributed by atoms with Crippen molar-refractivity contribution in [3.8, 4) is 62.1 Å². The van der Waals surface area contributed by atoms with E-state index in [4.69, 9.17) is 26.2 Å². The quantitative estimate of drug-likeness (QED) is 0.168. The molecule has 294 valence electrons. The van der Waals surface area contributed by atoms with Crippen LogP contribution in [0.5, 0.6) is 0 Å². The monoisotopic (exact) mass is 827 g/mol. The maximum atomic E-state index is 9.07. The minimum absolute atomic E-state index is 0.0489. The fourth-order valence-electron chi connectivity index (χ4n) is 9.06. The highest BCUT2D eigenvalue weighted by Crippen LogP contribution is 2.43. The van der Waals surface area contributed by atoms with Gasteiger partial charge in [0.2, 0.25) is 0 Å². The summed E-state index contributed by atoms with van der Waals surface area (Å²) < 4.78 is 55.1. The van der Waals surface area contributed by atoms with Crippen molar-refractivity contribution in [1.29, 1.82) is 0 Å². The molecule has 0 aliphatic heterocycles. The molecular weight excluding hydrogens is 789 g/mol. The first-order valence-electron chi connectivity index (χ1n) is 23.2. The lowest BCUT2D eigenvalue weighted by Gasteiger charge is -2.13. The topological polar surface area (TPSA) is 56.7 Å². The SMILES string of the molecule is [2H]c1c([2H])c([2H])c(-c2nc(-c3cc(-n4c5ccccc5c5ccccc54)cc4c3oc3cc(-c5cccc(-c6ccccc6)c5)ccc34)nc(-c3cccc4c3sc3ccccc34)n2)c([2H])c1[2H]. The number of fused-ring (bicyclic) bond motifs is 9. The molecule has 0 amide bonds. The number of nitrogens with zero attached hydrogens (tertiary/aromatic N) is 4. The van der Waals surface area contributed by atoms with Crippen molar-refractivity contribution in [2.45, 2.75) is 0 Å². The van der Waals surface area contributed by atoms with Gasteiger partial charge in [0.15, 0.2) is 17.5 Å². The molecule has 0 unspecified atom stereocenters. The van der Waals surface area contributed by atoms with Gasteiger partial charge >= 0.3 is 0 Å². The Kier molecular flexibility index (Phi) is 6.94. The summed E-state index contributed by atoms with van der Waals surface area (Å²) in [4.78, 5) is 15.3. The Morgan fingerprint density at radius 2 is 1.05 bits per heavy atom. The van der Waals surface area contributed by atoms with Crippen molar-refractivity contribution >= 4 is 75.3 Å². The van der Waals surface area contributed by atoms with Crippen molar-refractivity contribution in [2.75, 3.05) is 0 Å². The normalized spacial score (nSPS) is 12.9. The minimum Gasteiger partial charge on any atom is -0.455 e. The van der Waals surface area contributed by atoms with Crippen LogP contribution in [0.15, 0.2) is 211 Å². The Labute approximate surface area is 372 Å². The molecule has 0 spiro atoms. The average Bonchev–Trinajstić information content (AvgIpc) is 4.07. The molecule has 13 aromatic rings. The van der Waals surface area contributed by atoms with Gasteiger partial charge < -0.3 is 8.98 Å². The number of thiophene rings is 1. The second kappa shape index (κ2) is 14.2. The molecule has 13 rings (SSSR count). The van der Waals surface area contributed by atoms with Crippen LogP contribution in [0, 0.1) is 0 Å². The molecule has 0 atom stereocenters. The van der Waals surface area contributed by atoms with Crippen molar-refractivity contribution in [3.63, 3.8) is 0 Å². The van der Waals surface area contributed by atoms with E-state index in [9.17, 15) is 0 Å². The zero-order chi connectivity index (χ0) is 45.8. The van der Waals surface area contributed by atoms with Gasteiger partial charge in [0.25, 0.3) is 0 Å². The van der Waals surface area contributed by atoms with Crippen LogP contribution < -0.4 is 0 Å². The smallest absolute Gasteiger partial charge is 0.167 e. The van der Waals surface area contributed by atoms with E-state index in [1.165, 1.54) is 0 Å². The predicted octanol–water partition coefficient (Wildman–Crippen LogP) is 15.6. The van der Waals surface area contributed by atoms with Gasteiger partial charge in [-0.1, -0.05) is 152 Å². The van der Waals surface area contributed by atoms with Gasteiger partial charge in [0.05, 0.1) is 23.5 Å². The van der Waals surface area contributed by atoms with E-state index < -0.39 is 30.2 Å². The molecule has 0 fully saturated rings. The molecule has 0 aliphatic rings. The second-order valence-corrected chi connectivity index (χ2v) is 16.6. The third-order valence-corrected chi connectivity index (χ3v) is 13.2. The zero-order valence-corrected chi connectivity index (χ0v) is 34.2. The molecule has 0 saturated heterocycles. The first kappa shape index (κ1) is 30.8. The van der Waals surface area contributed by atoms with Crippen molar-refractivity contribution in [1.82, 2.24) is 19.5 Å². The van der Waals surface area contributed by atoms with Gasteiger partial charge in [-0.3, -0.25) is 0 Å². The molecule has 4 aromatic heterocycles. The van der Waals surface area contributed by atoms with Crippen LogP contribution in [0.4, 0.5) is 0 Å². The summed E-state index contributed by atoms with van der Waals surface area (Å²) in [5.41, 5.74) is 9.48. The van der Waals surface area contributed by atoms with E-state index >= 15 is 0 Å². The molecule has 4 heterocycles. The van der Waals surface area contributed by atoms with Crippen molar-refractivity contribution in [2.24, 2.45) is 0 Å². The molecule has 0 radical (unpaired) electrons. The Balaban J connectivity index is 1.11. The number of aromatic nitrogens is 4. The first-order valence-corrected chi connectivity index (χ1v) is 21.5. The van der Waals surface area contributed by atoms with E-state index in [2.05, 4.69) is 108 Å². The fourth-order valence-corrected chi connectivity index (χ4v) is 10.3. The van der Waals surface area contributed by atoms with Crippen molar-refractivity contribution in [3.05, 3.63) is 206 Å². The Morgan fingerprint density at radius 3 is 1.84 bits per heavy atom. The number of para-hydroxylation sites is 2. The van der Waals surface area contributed by atoms with Gasteiger partial charge in [-0.2, -0.15) is 0 Å². The molecule has 0 aliphatic carbocycles. The summed E-state index contributed by atoms with van der Waals surface area (Å²) in [5, 5.41) is 6.06. The number of hydrogen-bond donors (Lipinski definition) is 0. The summed E-state index contributed by atoms with van der Waals surface area (Å²) in [6.45, 7) is 0. The Morgan fingerprint density at radius 1 is 0.429 bits per heavy atom. The first-order chi connectivity index (χ1) is 33.3. The Hall–Kier alpha value is -8.19. The number of benzene rings is 9. The second-order valence-electron chi connectivity index (χ2n) is 15.6. The van der Waals surface area contributed by atoms with E-state index in [-0.39, 0.29) is 17.2 Å². The van der Waals surface area contributed by atoms with Crippen LogP contribution in [0.3, 0.4) is 0 Å². The third kappa shape index (κ3) is 5.80. The number of hydrogen-bond acceptors (Lipinski definition) is 5. The summed E-state index contributed by atoms with van der Waals surface area (Å²) in [5.74, 6) is 0.464. The number of rotatable bonds is 6. The Bertz CT molecular complexity index is 4150. The molecule has 0 saturated carbocycles. The van der Waals surface area contributed by atoms with Crippen LogP contribution in [0.1, 0.15) is 6.85 Å². The summed E-state index contributed by atoms with van der Waals surface area (Å²) in [7, 11) is 0. The summed E-state index contributed by atoms with van der Waals surface area (Å²) >= 11 is 1.63. The third-order valence-electron chi connectivity index (χ3n) is 11.9. The maximum absolute atomic E-state index is 9.07. The van der Waals surface area contributed by atoms with Gasteiger partial charge in [-0.15, -0.1) is 11.3 Å². The zero-order valence-electron chi connectivity index (χ0n) is 38.3. The van der Waals surface area contributed by atoms with Gasteiger partial charge in [-0.25, -0.2) is 15.0 Å². The lowest BCUT2D eigenvalue weighted by Crippen LogP contribution is -2.01. The van der Waals surface area contributed by atoms with Crippen LogP contribution in [0.25, 0.3) is 126 Å². The lowest BCUT2D eigenvalue weighted by atomic mass is 9.98. The fraction of sp³-hybridized carbons (Fsp3) is 0. The highest BCUT2D eigenvalue weighted by Gasteiger charge is 2.23. The molecule has 0 bridgehead atoms. The maximum Gasteiger partial charge on any atom is 0.167 e. The van der Waals surface area contributed by atoms with Crippen molar-refractivity contribution < 1.29 is 11.3 Å². The molecule has 0 N–H and O–H groups in total. The van der Waals surface area contributed by atoms with E-state index in [1.807, 2.05) is 72.8 Å². The van der Waals surface area contributed by atoms with E-state index in [0.29, 0.717) is 22.6 Å². The molecule has 63 heavy (non-hydrogen) atoms. The lowest BCUT2D eigenvalue weighted by molar-refractivity contribution is 0.669. The van der Waals surface area contributed by atoms with Gasteiger partial charge in [0, 0.05) is 58.5 Å². The molecule has 6 heteroatoms. The summed E-state index contributed by atoms with van der Waals surface area (Å²) in [6.07, 6.45) is 0. The predicted molar refractivity (Wildman–Crippen MR) is 262 cm³/mol. The van der Waals surface area contributed by atoms with Crippen LogP contribution >= 0.6 is 11.3 Å². The highest BCUT2D eigenvalue weighted by atomic mass is 32.1. The summed E-state index contributed by atoms with van der Waals surface area (Å²) in [6, 6.07) is 57.9. The largest absolute Gasteiger partial charge is 0.455 e. The number of furan rings is 1. The molecular formula is C57H34N4OS. The van der Waals surface area contributed by atoms with Crippen LogP contribution in [0.2, 0.25) is 0 Å². The standard InChI is InChI=1S/C57H34N4OS/c1-3-15-35(16-4-1)37-19-13-20-38(31-37)39-29-30-43-47-33-40(61-49-26-10-7-21-41(49)42-22-8-11-27-50(42)61)34-48(53(47)62-51(43)32-39)57-59-55(36-17-5-2-6-18-36)58-56(60-57)46-25-14-24-45-44-23-9-12-28-52(44)63-54(45)46/h1-34H/i2D,5D,6D,17D,18D. The highest BCUT2D eigenvalue weighted by molar-refractivity contribution is 7.26. The molecule has 9 aromatic carbocycles. The van der Waals surface area contributed by atoms with Crippen LogP contribution in [-0.2, 0) is 0 Å². The average molecular weight is 828 g/mol. The van der Waals surface area contributed by atoms with Gasteiger partial charge in [0.1, 0.15) is 11.2 Å². The van der Waals surface area contributed by atoms with Gasteiger partial charge in [-0.05, 0) is 76.9 Å². The minimum atomic E-state index is -0.498. The van der Waals surface area contributed by atoms with E-state index in [0.717, 1.165) is 86.3 Å². The molecule has 5 nitrogen and oxygen atoms in total. The van der Waals surface area contributed by atoms with Crippen LogP contribution in [-0.4, -0.2) is 19.5 Å².